The van der Waals surface area contributed by atoms with Gasteiger partial charge in [0.1, 0.15) is 5.82 Å². The highest BCUT2D eigenvalue weighted by Crippen LogP contribution is 2.32. The molecule has 5 heteroatoms. The van der Waals surface area contributed by atoms with Crippen LogP contribution in [-0.2, 0) is 6.42 Å². The molecule has 3 aromatic carbocycles. The number of aryl methyl sites for hydroxylation is 3. The average molecular weight is 472 g/mol. The van der Waals surface area contributed by atoms with Crippen LogP contribution in [0.4, 0.5) is 5.69 Å². The Bertz CT molecular complexity index is 1420. The van der Waals surface area contributed by atoms with Gasteiger partial charge in [0.2, 0.25) is 0 Å². The predicted octanol–water partition coefficient (Wildman–Crippen LogP) is 6.42. The molecule has 0 unspecified atom stereocenters. The van der Waals surface area contributed by atoms with Gasteiger partial charge in [-0.1, -0.05) is 53.6 Å². The highest BCUT2D eigenvalue weighted by molar-refractivity contribution is 6.33. The van der Waals surface area contributed by atoms with Crippen molar-refractivity contribution < 1.29 is 0 Å². The third-order valence-electron chi connectivity index (χ3n) is 6.94. The minimum atomic E-state index is -0.0848. The Morgan fingerprint density at radius 2 is 1.65 bits per heavy atom. The van der Waals surface area contributed by atoms with Crippen molar-refractivity contribution in [3.8, 4) is 5.69 Å². The van der Waals surface area contributed by atoms with Gasteiger partial charge in [0.15, 0.2) is 0 Å². The molecule has 34 heavy (non-hydrogen) atoms. The van der Waals surface area contributed by atoms with E-state index in [9.17, 15) is 4.79 Å². The van der Waals surface area contributed by atoms with E-state index in [0.29, 0.717) is 16.8 Å². The molecular weight excluding hydrogens is 442 g/mol. The van der Waals surface area contributed by atoms with Gasteiger partial charge in [-0.2, -0.15) is 0 Å². The summed E-state index contributed by atoms with van der Waals surface area (Å²) in [6.45, 7) is 7.79. The zero-order valence-electron chi connectivity index (χ0n) is 20.0. The van der Waals surface area contributed by atoms with Gasteiger partial charge < -0.3 is 4.90 Å². The maximum atomic E-state index is 12.5. The zero-order valence-corrected chi connectivity index (χ0v) is 20.8. The third-order valence-corrected chi connectivity index (χ3v) is 7.25. The standard InChI is InChI=1S/C29H30ClN3O/c1-19-4-6-25-17-23(5-7-24(25)14-19)16-22-10-12-32(13-11-22)28-9-8-26(18-27(28)30)33-21(3)31-20(2)15-29(33)34/h4-9,14-15,17-18,22H,10-13,16H2,1-3H3. The second-order valence-corrected chi connectivity index (χ2v) is 9.98. The molecule has 1 aromatic heterocycles. The van der Waals surface area contributed by atoms with E-state index in [-0.39, 0.29) is 5.56 Å². The van der Waals surface area contributed by atoms with Crippen molar-refractivity contribution in [3.63, 3.8) is 0 Å². The Labute approximate surface area is 205 Å². The summed E-state index contributed by atoms with van der Waals surface area (Å²) in [6, 6.07) is 21.0. The normalized spacial score (nSPS) is 14.6. The van der Waals surface area contributed by atoms with Crippen molar-refractivity contribution in [3.05, 3.63) is 98.7 Å². The lowest BCUT2D eigenvalue weighted by atomic mass is 9.89. The van der Waals surface area contributed by atoms with E-state index in [1.54, 1.807) is 10.6 Å². The molecule has 0 aliphatic carbocycles. The van der Waals surface area contributed by atoms with Crippen molar-refractivity contribution in [2.75, 3.05) is 18.0 Å². The smallest absolute Gasteiger partial charge is 0.258 e. The molecule has 0 radical (unpaired) electrons. The summed E-state index contributed by atoms with van der Waals surface area (Å²) in [5.74, 6) is 1.34. The van der Waals surface area contributed by atoms with E-state index >= 15 is 0 Å². The molecule has 0 atom stereocenters. The molecule has 1 aliphatic rings. The highest BCUT2D eigenvalue weighted by Gasteiger charge is 2.22. The first kappa shape index (κ1) is 22.7. The van der Waals surface area contributed by atoms with Crippen LogP contribution in [0.25, 0.3) is 16.5 Å². The van der Waals surface area contributed by atoms with Crippen LogP contribution in [0, 0.1) is 26.7 Å². The van der Waals surface area contributed by atoms with Gasteiger partial charge in [-0.05, 0) is 80.5 Å². The van der Waals surface area contributed by atoms with Crippen molar-refractivity contribution >= 4 is 28.1 Å². The Morgan fingerprint density at radius 3 is 2.38 bits per heavy atom. The summed E-state index contributed by atoms with van der Waals surface area (Å²) in [5.41, 5.74) is 5.16. The van der Waals surface area contributed by atoms with Gasteiger partial charge in [0, 0.05) is 24.8 Å². The number of nitrogens with zero attached hydrogens (tertiary/aromatic N) is 3. The number of rotatable bonds is 4. The monoisotopic (exact) mass is 471 g/mol. The second-order valence-electron chi connectivity index (χ2n) is 9.57. The number of hydrogen-bond acceptors (Lipinski definition) is 3. The lowest BCUT2D eigenvalue weighted by Gasteiger charge is -2.34. The van der Waals surface area contributed by atoms with Crippen molar-refractivity contribution in [1.82, 2.24) is 9.55 Å². The van der Waals surface area contributed by atoms with Crippen LogP contribution in [0.5, 0.6) is 0 Å². The van der Waals surface area contributed by atoms with E-state index < -0.39 is 0 Å². The van der Waals surface area contributed by atoms with Gasteiger partial charge in [0.05, 0.1) is 16.4 Å². The molecule has 1 aliphatic heterocycles. The van der Waals surface area contributed by atoms with Crippen LogP contribution in [0.2, 0.25) is 5.02 Å². The zero-order chi connectivity index (χ0) is 23.8. The van der Waals surface area contributed by atoms with E-state index in [4.69, 9.17) is 11.6 Å². The second kappa shape index (κ2) is 9.27. The summed E-state index contributed by atoms with van der Waals surface area (Å²) in [5, 5.41) is 3.31. The summed E-state index contributed by atoms with van der Waals surface area (Å²) >= 11 is 6.70. The largest absolute Gasteiger partial charge is 0.370 e. The lowest BCUT2D eigenvalue weighted by Crippen LogP contribution is -2.34. The van der Waals surface area contributed by atoms with Gasteiger partial charge in [-0.3, -0.25) is 9.36 Å². The van der Waals surface area contributed by atoms with Gasteiger partial charge in [-0.25, -0.2) is 4.98 Å². The highest BCUT2D eigenvalue weighted by atomic mass is 35.5. The molecule has 0 amide bonds. The summed E-state index contributed by atoms with van der Waals surface area (Å²) in [7, 11) is 0. The minimum Gasteiger partial charge on any atom is -0.370 e. The van der Waals surface area contributed by atoms with Crippen molar-refractivity contribution in [2.45, 2.75) is 40.0 Å². The van der Waals surface area contributed by atoms with Crippen LogP contribution in [0.1, 0.15) is 35.5 Å². The molecule has 5 rings (SSSR count). The number of benzene rings is 3. The fraction of sp³-hybridized carbons (Fsp3) is 0.310. The first-order valence-corrected chi connectivity index (χ1v) is 12.4. The fourth-order valence-electron chi connectivity index (χ4n) is 5.20. The number of fused-ring (bicyclic) bond motifs is 1. The van der Waals surface area contributed by atoms with Crippen molar-refractivity contribution in [2.24, 2.45) is 5.92 Å². The van der Waals surface area contributed by atoms with Gasteiger partial charge >= 0.3 is 0 Å². The summed E-state index contributed by atoms with van der Waals surface area (Å²) in [6.07, 6.45) is 3.40. The molecular formula is C29H30ClN3O. The van der Waals surface area contributed by atoms with Crippen LogP contribution in [0.15, 0.2) is 65.5 Å². The molecule has 4 nitrogen and oxygen atoms in total. The SMILES string of the molecule is Cc1ccc2cc(CC3CCN(c4ccc(-n5c(C)nc(C)cc5=O)cc4Cl)CC3)ccc2c1. The molecule has 0 spiro atoms. The number of halogens is 1. The first-order chi connectivity index (χ1) is 16.4. The third kappa shape index (κ3) is 4.60. The molecule has 4 aromatic rings. The minimum absolute atomic E-state index is 0.0848. The lowest BCUT2D eigenvalue weighted by molar-refractivity contribution is 0.404. The number of piperidine rings is 1. The summed E-state index contributed by atoms with van der Waals surface area (Å²) in [4.78, 5) is 19.3. The molecule has 0 saturated carbocycles. The van der Waals surface area contributed by atoms with Crippen molar-refractivity contribution in [1.29, 1.82) is 0 Å². The molecule has 0 N–H and O–H groups in total. The van der Waals surface area contributed by atoms with Crippen LogP contribution < -0.4 is 10.5 Å². The Hall–Kier alpha value is -3.11. The molecule has 1 fully saturated rings. The first-order valence-electron chi connectivity index (χ1n) is 12.0. The summed E-state index contributed by atoms with van der Waals surface area (Å²) < 4.78 is 1.61. The Balaban J connectivity index is 1.27. The predicted molar refractivity (Wildman–Crippen MR) is 142 cm³/mol. The molecule has 0 bridgehead atoms. The maximum absolute atomic E-state index is 12.5. The molecule has 174 valence electrons. The quantitative estimate of drug-likeness (QED) is 0.344. The average Bonchev–Trinajstić information content (AvgIpc) is 2.79. The van der Waals surface area contributed by atoms with Crippen LogP contribution in [0.3, 0.4) is 0 Å². The van der Waals surface area contributed by atoms with Crippen LogP contribution >= 0.6 is 11.6 Å². The van der Waals surface area contributed by atoms with Crippen LogP contribution in [-0.4, -0.2) is 22.6 Å². The van der Waals surface area contributed by atoms with Gasteiger partial charge in [-0.15, -0.1) is 0 Å². The maximum Gasteiger partial charge on any atom is 0.258 e. The Morgan fingerprint density at radius 1 is 0.912 bits per heavy atom. The number of anilines is 1. The Kier molecular flexibility index (Phi) is 6.18. The topological polar surface area (TPSA) is 38.1 Å². The van der Waals surface area contributed by atoms with E-state index in [0.717, 1.165) is 49.4 Å². The van der Waals surface area contributed by atoms with E-state index in [1.807, 2.05) is 32.0 Å². The van der Waals surface area contributed by atoms with Gasteiger partial charge in [0.25, 0.3) is 5.56 Å². The molecule has 1 saturated heterocycles. The number of hydrogen-bond donors (Lipinski definition) is 0. The van der Waals surface area contributed by atoms with E-state index in [2.05, 4.69) is 53.2 Å². The fourth-order valence-corrected chi connectivity index (χ4v) is 5.49. The molecule has 2 heterocycles. The number of aromatic nitrogens is 2. The van der Waals surface area contributed by atoms with E-state index in [1.165, 1.54) is 21.9 Å².